The van der Waals surface area contributed by atoms with Crippen LogP contribution in [0.4, 0.5) is 18.9 Å². The van der Waals surface area contributed by atoms with Crippen molar-refractivity contribution in [2.75, 3.05) is 32.1 Å². The van der Waals surface area contributed by atoms with Gasteiger partial charge in [-0.15, -0.1) is 0 Å². The summed E-state index contributed by atoms with van der Waals surface area (Å²) in [5, 5.41) is 6.46. The molecule has 0 spiro atoms. The van der Waals surface area contributed by atoms with Gasteiger partial charge in [0.05, 0.1) is 23.5 Å². The number of anilines is 1. The summed E-state index contributed by atoms with van der Waals surface area (Å²) in [5.74, 6) is 0.259. The topological polar surface area (TPSA) is 72.3 Å². The summed E-state index contributed by atoms with van der Waals surface area (Å²) in [5.41, 5.74) is -0.593. The van der Waals surface area contributed by atoms with E-state index in [9.17, 15) is 18.0 Å². The molecule has 0 fully saturated rings. The summed E-state index contributed by atoms with van der Waals surface area (Å²) < 4.78 is 46.2. The first-order valence-electron chi connectivity index (χ1n) is 9.05. The molecule has 3 aromatic rings. The van der Waals surface area contributed by atoms with Crippen molar-refractivity contribution >= 4 is 11.6 Å². The van der Waals surface area contributed by atoms with Gasteiger partial charge >= 0.3 is 6.18 Å². The first-order chi connectivity index (χ1) is 14.3. The number of hydrogen-bond acceptors (Lipinski definition) is 5. The predicted octanol–water partition coefficient (Wildman–Crippen LogP) is 3.24. The fraction of sp³-hybridized carbons (Fsp3) is 0.250. The van der Waals surface area contributed by atoms with E-state index in [1.165, 1.54) is 23.4 Å². The first-order valence-corrected chi connectivity index (χ1v) is 9.05. The highest BCUT2D eigenvalue weighted by atomic mass is 19.4. The van der Waals surface area contributed by atoms with Crippen LogP contribution in [0, 0.1) is 0 Å². The van der Waals surface area contributed by atoms with Crippen molar-refractivity contribution in [2.45, 2.75) is 6.18 Å². The Morgan fingerprint density at radius 2 is 1.97 bits per heavy atom. The zero-order valence-corrected chi connectivity index (χ0v) is 16.1. The maximum Gasteiger partial charge on any atom is 0.416 e. The summed E-state index contributed by atoms with van der Waals surface area (Å²) in [6.07, 6.45) is -1.94. The molecular formula is C20H20F3N5O2. The molecule has 158 valence electrons. The van der Waals surface area contributed by atoms with Crippen molar-refractivity contribution in [3.05, 3.63) is 66.7 Å². The van der Waals surface area contributed by atoms with Crippen LogP contribution >= 0.6 is 0 Å². The van der Waals surface area contributed by atoms with Crippen LogP contribution in [0.15, 0.2) is 61.2 Å². The van der Waals surface area contributed by atoms with Crippen LogP contribution in [0.2, 0.25) is 0 Å². The molecule has 10 heteroatoms. The summed E-state index contributed by atoms with van der Waals surface area (Å²) >= 11 is 0. The Morgan fingerprint density at radius 1 is 1.20 bits per heavy atom. The van der Waals surface area contributed by atoms with E-state index in [2.05, 4.69) is 15.4 Å². The highest BCUT2D eigenvalue weighted by Crippen LogP contribution is 2.33. The molecule has 0 atom stereocenters. The molecule has 0 aliphatic heterocycles. The maximum absolute atomic E-state index is 13.1. The number of carbonyl (C=O) groups is 1. The lowest BCUT2D eigenvalue weighted by Gasteiger charge is -2.18. The third-order valence-corrected chi connectivity index (χ3v) is 4.16. The molecule has 0 aliphatic rings. The van der Waals surface area contributed by atoms with Crippen molar-refractivity contribution in [3.8, 4) is 11.4 Å². The number of benzene rings is 2. The monoisotopic (exact) mass is 419 g/mol. The second-order valence-corrected chi connectivity index (χ2v) is 6.52. The second-order valence-electron chi connectivity index (χ2n) is 6.52. The number of carbonyl (C=O) groups excluding carboxylic acids is 1. The van der Waals surface area contributed by atoms with Crippen LogP contribution in [0.25, 0.3) is 5.69 Å². The third-order valence-electron chi connectivity index (χ3n) is 4.16. The molecule has 1 aromatic heterocycles. The van der Waals surface area contributed by atoms with Crippen LogP contribution in [-0.4, -0.2) is 52.3 Å². The molecule has 3 rings (SSSR count). The predicted molar refractivity (Wildman–Crippen MR) is 104 cm³/mol. The smallest absolute Gasteiger partial charge is 0.416 e. The zero-order chi connectivity index (χ0) is 21.6. The molecule has 1 heterocycles. The van der Waals surface area contributed by atoms with E-state index in [4.69, 9.17) is 4.74 Å². The molecular weight excluding hydrogens is 399 g/mol. The molecule has 0 unspecified atom stereocenters. The van der Waals surface area contributed by atoms with Gasteiger partial charge in [-0.3, -0.25) is 9.69 Å². The van der Waals surface area contributed by atoms with Crippen LogP contribution < -0.4 is 10.1 Å². The number of likely N-dealkylation sites (N-methyl/N-ethyl adjacent to an activating group) is 1. The van der Waals surface area contributed by atoms with Gasteiger partial charge in [-0.05, 0) is 37.4 Å². The molecule has 0 bridgehead atoms. The van der Waals surface area contributed by atoms with Crippen molar-refractivity contribution < 1.29 is 22.7 Å². The standard InChI is InChI=1S/C20H20F3N5O2/c1-27(9-10-30-16-5-3-2-4-6-16)12-19(29)26-17-11-15(20(21,22)23)7-8-18(17)28-14-24-13-25-28/h2-8,11,13-14H,9-10,12H2,1H3,(H,26,29). The molecule has 1 amide bonds. The van der Waals surface area contributed by atoms with E-state index < -0.39 is 17.6 Å². The summed E-state index contributed by atoms with van der Waals surface area (Å²) in [6, 6.07) is 12.3. The highest BCUT2D eigenvalue weighted by molar-refractivity contribution is 5.94. The van der Waals surface area contributed by atoms with Crippen LogP contribution in [-0.2, 0) is 11.0 Å². The second kappa shape index (κ2) is 9.40. The SMILES string of the molecule is CN(CCOc1ccccc1)CC(=O)Nc1cc(C(F)(F)F)ccc1-n1cncn1. The van der Waals surface area contributed by atoms with Gasteiger partial charge in [0, 0.05) is 6.54 Å². The van der Waals surface area contributed by atoms with Gasteiger partial charge in [0.25, 0.3) is 0 Å². The summed E-state index contributed by atoms with van der Waals surface area (Å²) in [7, 11) is 1.72. The zero-order valence-electron chi connectivity index (χ0n) is 16.1. The number of aromatic nitrogens is 3. The van der Waals surface area contributed by atoms with E-state index in [0.717, 1.165) is 17.9 Å². The Balaban J connectivity index is 1.63. The molecule has 30 heavy (non-hydrogen) atoms. The van der Waals surface area contributed by atoms with E-state index in [1.807, 2.05) is 30.3 Å². The molecule has 0 aliphatic carbocycles. The van der Waals surface area contributed by atoms with E-state index in [-0.39, 0.29) is 17.9 Å². The minimum atomic E-state index is -4.54. The van der Waals surface area contributed by atoms with Crippen molar-refractivity contribution in [2.24, 2.45) is 0 Å². The maximum atomic E-state index is 13.1. The van der Waals surface area contributed by atoms with Gasteiger partial charge in [0.15, 0.2) is 0 Å². The number of nitrogens with one attached hydrogen (secondary N) is 1. The highest BCUT2D eigenvalue weighted by Gasteiger charge is 2.31. The Labute approximate surface area is 171 Å². The Kier molecular flexibility index (Phi) is 6.68. The van der Waals surface area contributed by atoms with Gasteiger partial charge in [-0.1, -0.05) is 18.2 Å². The molecule has 7 nitrogen and oxygen atoms in total. The average Bonchev–Trinajstić information content (AvgIpc) is 3.22. The fourth-order valence-electron chi connectivity index (χ4n) is 2.69. The Morgan fingerprint density at radius 3 is 2.63 bits per heavy atom. The van der Waals surface area contributed by atoms with E-state index in [1.54, 1.807) is 11.9 Å². The Bertz CT molecular complexity index is 962. The number of halogens is 3. The van der Waals surface area contributed by atoms with Crippen molar-refractivity contribution in [1.82, 2.24) is 19.7 Å². The molecule has 2 aromatic carbocycles. The number of alkyl halides is 3. The lowest BCUT2D eigenvalue weighted by molar-refractivity contribution is -0.137. The van der Waals surface area contributed by atoms with E-state index >= 15 is 0 Å². The van der Waals surface area contributed by atoms with Gasteiger partial charge in [-0.25, -0.2) is 9.67 Å². The Hall–Kier alpha value is -3.40. The minimum Gasteiger partial charge on any atom is -0.492 e. The average molecular weight is 419 g/mol. The fourth-order valence-corrected chi connectivity index (χ4v) is 2.69. The third kappa shape index (κ3) is 5.80. The summed E-state index contributed by atoms with van der Waals surface area (Å²) in [4.78, 5) is 17.9. The lowest BCUT2D eigenvalue weighted by Crippen LogP contribution is -2.33. The molecule has 0 radical (unpaired) electrons. The molecule has 0 saturated carbocycles. The quantitative estimate of drug-likeness (QED) is 0.607. The summed E-state index contributed by atoms with van der Waals surface area (Å²) in [6.45, 7) is 0.799. The van der Waals surface area contributed by atoms with Gasteiger partial charge < -0.3 is 10.1 Å². The van der Waals surface area contributed by atoms with Gasteiger partial charge in [-0.2, -0.15) is 18.3 Å². The van der Waals surface area contributed by atoms with Crippen molar-refractivity contribution in [3.63, 3.8) is 0 Å². The molecule has 1 N–H and O–H groups in total. The minimum absolute atomic E-state index is 0.00531. The number of hydrogen-bond donors (Lipinski definition) is 1. The lowest BCUT2D eigenvalue weighted by atomic mass is 10.1. The number of nitrogens with zero attached hydrogens (tertiary/aromatic N) is 4. The number of ether oxygens (including phenoxy) is 1. The van der Waals surface area contributed by atoms with Crippen LogP contribution in [0.3, 0.4) is 0 Å². The number of rotatable bonds is 8. The number of amides is 1. The largest absolute Gasteiger partial charge is 0.492 e. The van der Waals surface area contributed by atoms with Crippen LogP contribution in [0.1, 0.15) is 5.56 Å². The van der Waals surface area contributed by atoms with Crippen molar-refractivity contribution in [1.29, 1.82) is 0 Å². The van der Waals surface area contributed by atoms with Crippen LogP contribution in [0.5, 0.6) is 5.75 Å². The van der Waals surface area contributed by atoms with E-state index in [0.29, 0.717) is 13.2 Å². The van der Waals surface area contributed by atoms with Gasteiger partial charge in [0.1, 0.15) is 25.0 Å². The number of para-hydroxylation sites is 1. The van der Waals surface area contributed by atoms with Gasteiger partial charge in [0.2, 0.25) is 5.91 Å². The normalized spacial score (nSPS) is 11.5. The first kappa shape index (κ1) is 21.3. The molecule has 0 saturated heterocycles.